The lowest BCUT2D eigenvalue weighted by molar-refractivity contribution is -0.136. The normalized spacial score (nSPS) is 15.7. The van der Waals surface area contributed by atoms with Crippen molar-refractivity contribution in [1.82, 2.24) is 9.88 Å². The Bertz CT molecular complexity index is 799. The molecule has 1 aromatic carbocycles. The summed E-state index contributed by atoms with van der Waals surface area (Å²) in [4.78, 5) is 32.1. The summed E-state index contributed by atoms with van der Waals surface area (Å²) in [5.41, 5.74) is 1.39. The lowest BCUT2D eigenvalue weighted by Gasteiger charge is -2.36. The average molecular weight is 415 g/mol. The van der Waals surface area contributed by atoms with Gasteiger partial charge in [-0.3, -0.25) is 4.79 Å². The predicted molar refractivity (Wildman–Crippen MR) is 115 cm³/mol. The third-order valence-electron chi connectivity index (χ3n) is 5.55. The fourth-order valence-corrected chi connectivity index (χ4v) is 4.81. The third-order valence-corrected chi connectivity index (χ3v) is 6.38. The predicted octanol–water partition coefficient (Wildman–Crippen LogP) is 5.17. The van der Waals surface area contributed by atoms with Crippen LogP contribution >= 0.6 is 11.3 Å². The van der Waals surface area contributed by atoms with Crippen LogP contribution in [0.2, 0.25) is 0 Å². The molecule has 1 heterocycles. The zero-order valence-electron chi connectivity index (χ0n) is 17.3. The number of amides is 1. The maximum absolute atomic E-state index is 13.6. The molecule has 1 aliphatic carbocycles. The highest BCUT2D eigenvalue weighted by molar-refractivity contribution is 7.09. The van der Waals surface area contributed by atoms with E-state index in [1.165, 1.54) is 17.8 Å². The fraction of sp³-hybridized carbons (Fsp3) is 0.522. The maximum atomic E-state index is 13.6. The van der Waals surface area contributed by atoms with E-state index in [0.29, 0.717) is 18.8 Å². The molecule has 3 rings (SSSR count). The summed E-state index contributed by atoms with van der Waals surface area (Å²) >= 11 is 1.42. The van der Waals surface area contributed by atoms with Gasteiger partial charge in [0.15, 0.2) is 5.69 Å². The highest BCUT2D eigenvalue weighted by Crippen LogP contribution is 2.30. The summed E-state index contributed by atoms with van der Waals surface area (Å²) in [6.45, 7) is 4.63. The second-order valence-corrected chi connectivity index (χ2v) is 8.42. The number of nitrogens with zero attached hydrogens (tertiary/aromatic N) is 2. The van der Waals surface area contributed by atoms with E-state index in [2.05, 4.69) is 11.9 Å². The minimum Gasteiger partial charge on any atom is -0.461 e. The quantitative estimate of drug-likeness (QED) is 0.559. The van der Waals surface area contributed by atoms with Gasteiger partial charge in [-0.1, -0.05) is 56.5 Å². The van der Waals surface area contributed by atoms with Crippen LogP contribution in [0, 0.1) is 0 Å². The highest BCUT2D eigenvalue weighted by Gasteiger charge is 2.31. The van der Waals surface area contributed by atoms with Crippen molar-refractivity contribution < 1.29 is 14.3 Å². The van der Waals surface area contributed by atoms with Gasteiger partial charge < -0.3 is 9.64 Å². The van der Waals surface area contributed by atoms with Crippen LogP contribution < -0.4 is 0 Å². The number of rotatable bonds is 8. The van der Waals surface area contributed by atoms with Crippen molar-refractivity contribution in [2.24, 2.45) is 0 Å². The van der Waals surface area contributed by atoms with Crippen molar-refractivity contribution >= 4 is 23.2 Å². The molecule has 1 aromatic heterocycles. The standard InChI is InChI=1S/C23H30N2O3S/c1-3-19(17-11-7-5-8-12-17)22(26)25(18-13-9-6-10-14-18)15-21-24-20(16-29-21)23(27)28-4-2/h5,7-8,11-12,16,18-19H,3-4,6,9-10,13-15H2,1-2H3/t19-/m1/s1. The molecule has 2 aromatic rings. The molecule has 0 radical (unpaired) electrons. The summed E-state index contributed by atoms with van der Waals surface area (Å²) in [6, 6.07) is 10.3. The lowest BCUT2D eigenvalue weighted by Crippen LogP contribution is -2.43. The number of hydrogen-bond acceptors (Lipinski definition) is 5. The number of benzene rings is 1. The SMILES string of the molecule is CCOC(=O)c1csc(CN(C(=O)[C@H](CC)c2ccccc2)C2CCCCC2)n1. The van der Waals surface area contributed by atoms with E-state index >= 15 is 0 Å². The van der Waals surface area contributed by atoms with Gasteiger partial charge in [0.2, 0.25) is 5.91 Å². The number of ether oxygens (including phenoxy) is 1. The van der Waals surface area contributed by atoms with Gasteiger partial charge in [-0.15, -0.1) is 11.3 Å². The van der Waals surface area contributed by atoms with Gasteiger partial charge in [0.1, 0.15) is 5.01 Å². The van der Waals surface area contributed by atoms with Gasteiger partial charge in [0, 0.05) is 11.4 Å². The van der Waals surface area contributed by atoms with Gasteiger partial charge in [-0.25, -0.2) is 9.78 Å². The first-order valence-electron chi connectivity index (χ1n) is 10.6. The largest absolute Gasteiger partial charge is 0.461 e. The second kappa shape index (κ2) is 10.5. The van der Waals surface area contributed by atoms with Crippen LogP contribution in [-0.4, -0.2) is 34.4 Å². The molecule has 1 atom stereocenters. The summed E-state index contributed by atoms with van der Waals surface area (Å²) in [5.74, 6) is -0.387. The van der Waals surface area contributed by atoms with E-state index in [1.807, 2.05) is 35.2 Å². The van der Waals surface area contributed by atoms with Crippen LogP contribution in [0.25, 0.3) is 0 Å². The lowest BCUT2D eigenvalue weighted by atomic mass is 9.90. The van der Waals surface area contributed by atoms with E-state index in [-0.39, 0.29) is 17.9 Å². The number of carbonyl (C=O) groups excluding carboxylic acids is 2. The van der Waals surface area contributed by atoms with Crippen molar-refractivity contribution in [3.63, 3.8) is 0 Å². The summed E-state index contributed by atoms with van der Waals surface area (Å²) in [7, 11) is 0. The molecule has 156 valence electrons. The topological polar surface area (TPSA) is 59.5 Å². The molecule has 29 heavy (non-hydrogen) atoms. The Balaban J connectivity index is 1.82. The maximum Gasteiger partial charge on any atom is 0.357 e. The van der Waals surface area contributed by atoms with E-state index in [9.17, 15) is 9.59 Å². The van der Waals surface area contributed by atoms with Gasteiger partial charge in [-0.05, 0) is 31.7 Å². The van der Waals surface area contributed by atoms with Crippen LogP contribution in [0.5, 0.6) is 0 Å². The molecule has 1 aliphatic rings. The Morgan fingerprint density at radius 1 is 1.17 bits per heavy atom. The Kier molecular flexibility index (Phi) is 7.81. The fourth-order valence-electron chi connectivity index (χ4n) is 4.05. The molecule has 1 saturated carbocycles. The first kappa shape index (κ1) is 21.5. The zero-order chi connectivity index (χ0) is 20.6. The first-order valence-corrected chi connectivity index (χ1v) is 11.5. The van der Waals surface area contributed by atoms with E-state index in [1.54, 1.807) is 12.3 Å². The van der Waals surface area contributed by atoms with Gasteiger partial charge in [0.25, 0.3) is 0 Å². The summed E-state index contributed by atoms with van der Waals surface area (Å²) in [5, 5.41) is 2.51. The Morgan fingerprint density at radius 3 is 2.55 bits per heavy atom. The van der Waals surface area contributed by atoms with E-state index < -0.39 is 5.97 Å². The Hall–Kier alpha value is -2.21. The number of aromatic nitrogens is 1. The van der Waals surface area contributed by atoms with E-state index in [0.717, 1.165) is 42.7 Å². The summed E-state index contributed by atoms with van der Waals surface area (Å²) in [6.07, 6.45) is 6.38. The van der Waals surface area contributed by atoms with Crippen molar-refractivity contribution in [1.29, 1.82) is 0 Å². The minimum atomic E-state index is -0.402. The number of carbonyl (C=O) groups is 2. The minimum absolute atomic E-state index is 0.150. The van der Waals surface area contributed by atoms with Crippen LogP contribution in [0.15, 0.2) is 35.7 Å². The van der Waals surface area contributed by atoms with Gasteiger partial charge in [0.05, 0.1) is 19.1 Å². The summed E-state index contributed by atoms with van der Waals surface area (Å²) < 4.78 is 5.05. The Morgan fingerprint density at radius 2 is 1.90 bits per heavy atom. The van der Waals surface area contributed by atoms with Crippen LogP contribution in [-0.2, 0) is 16.1 Å². The average Bonchev–Trinajstić information content (AvgIpc) is 3.23. The molecule has 0 saturated heterocycles. The molecule has 1 amide bonds. The van der Waals surface area contributed by atoms with Crippen LogP contribution in [0.4, 0.5) is 0 Å². The monoisotopic (exact) mass is 414 g/mol. The number of esters is 1. The van der Waals surface area contributed by atoms with Gasteiger partial charge >= 0.3 is 5.97 Å². The molecule has 0 spiro atoms. The molecular weight excluding hydrogens is 384 g/mol. The Labute approximate surface area is 177 Å². The first-order chi connectivity index (χ1) is 14.1. The van der Waals surface area contributed by atoms with Crippen molar-refractivity contribution in [3.05, 3.63) is 52.0 Å². The molecule has 1 fully saturated rings. The molecule has 0 N–H and O–H groups in total. The van der Waals surface area contributed by atoms with E-state index in [4.69, 9.17) is 4.74 Å². The molecule has 0 bridgehead atoms. The second-order valence-electron chi connectivity index (χ2n) is 7.48. The van der Waals surface area contributed by atoms with Crippen LogP contribution in [0.3, 0.4) is 0 Å². The molecule has 0 unspecified atom stereocenters. The smallest absolute Gasteiger partial charge is 0.357 e. The van der Waals surface area contributed by atoms with Crippen molar-refractivity contribution in [2.45, 2.75) is 70.9 Å². The zero-order valence-corrected chi connectivity index (χ0v) is 18.1. The highest BCUT2D eigenvalue weighted by atomic mass is 32.1. The third kappa shape index (κ3) is 5.44. The number of hydrogen-bond donors (Lipinski definition) is 0. The molecule has 0 aliphatic heterocycles. The molecule has 5 nitrogen and oxygen atoms in total. The molecule has 6 heteroatoms. The van der Waals surface area contributed by atoms with Gasteiger partial charge in [-0.2, -0.15) is 0 Å². The number of thiazole rings is 1. The van der Waals surface area contributed by atoms with Crippen molar-refractivity contribution in [3.8, 4) is 0 Å². The molecular formula is C23H30N2O3S. The van der Waals surface area contributed by atoms with Crippen molar-refractivity contribution in [2.75, 3.05) is 6.61 Å². The van der Waals surface area contributed by atoms with Crippen LogP contribution in [0.1, 0.15) is 79.3 Å².